The third kappa shape index (κ3) is 2.75. The highest BCUT2D eigenvalue weighted by Gasteiger charge is 2.22. The molecule has 0 N–H and O–H groups in total. The average Bonchev–Trinajstić information content (AvgIpc) is 2.63. The lowest BCUT2D eigenvalue weighted by molar-refractivity contribution is 0.204. The van der Waals surface area contributed by atoms with Crippen LogP contribution in [-0.4, -0.2) is 31.1 Å². The maximum absolute atomic E-state index is 13.5. The van der Waals surface area contributed by atoms with Gasteiger partial charge in [-0.2, -0.15) is 0 Å². The van der Waals surface area contributed by atoms with E-state index in [0.29, 0.717) is 17.7 Å². The number of hydrogen-bond donors (Lipinski definition) is 0. The lowest BCUT2D eigenvalue weighted by atomic mass is 10.1. The Labute approximate surface area is 100 Å². The van der Waals surface area contributed by atoms with E-state index in [4.69, 9.17) is 4.74 Å². The van der Waals surface area contributed by atoms with E-state index in [1.807, 2.05) is 14.0 Å². The van der Waals surface area contributed by atoms with E-state index >= 15 is 0 Å². The van der Waals surface area contributed by atoms with Gasteiger partial charge in [0.15, 0.2) is 0 Å². The molecule has 1 aromatic rings. The van der Waals surface area contributed by atoms with Crippen LogP contribution in [0.1, 0.15) is 18.9 Å². The summed E-state index contributed by atoms with van der Waals surface area (Å²) in [4.78, 5) is 2.14. The Kier molecular flexibility index (Phi) is 3.62. The minimum absolute atomic E-state index is 0.0338. The van der Waals surface area contributed by atoms with Crippen LogP contribution in [0.4, 0.5) is 8.78 Å². The molecule has 17 heavy (non-hydrogen) atoms. The van der Waals surface area contributed by atoms with Crippen molar-refractivity contribution < 1.29 is 13.5 Å². The van der Waals surface area contributed by atoms with Crippen molar-refractivity contribution in [3.8, 4) is 5.75 Å². The molecule has 0 amide bonds. The summed E-state index contributed by atoms with van der Waals surface area (Å²) in [5.74, 6) is -0.750. The van der Waals surface area contributed by atoms with E-state index < -0.39 is 11.6 Å². The molecule has 0 radical (unpaired) electrons. The Morgan fingerprint density at radius 1 is 1.41 bits per heavy atom. The molecule has 0 aromatic heterocycles. The molecule has 0 spiro atoms. The van der Waals surface area contributed by atoms with Crippen LogP contribution in [0, 0.1) is 11.6 Å². The van der Waals surface area contributed by atoms with Crippen LogP contribution in [-0.2, 0) is 6.42 Å². The number of hydrogen-bond acceptors (Lipinski definition) is 2. The molecule has 0 bridgehead atoms. The topological polar surface area (TPSA) is 12.5 Å². The molecule has 1 heterocycles. The summed E-state index contributed by atoms with van der Waals surface area (Å²) in [6.07, 6.45) is 1.44. The SMILES string of the molecule is CCc1c(F)cc(F)cc1OC1CCN(C)C1. The molecule has 4 heteroatoms. The summed E-state index contributed by atoms with van der Waals surface area (Å²) in [7, 11) is 2.01. The molecule has 2 nitrogen and oxygen atoms in total. The zero-order valence-electron chi connectivity index (χ0n) is 10.2. The largest absolute Gasteiger partial charge is 0.489 e. The van der Waals surface area contributed by atoms with Gasteiger partial charge in [-0.1, -0.05) is 6.92 Å². The predicted octanol–water partition coefficient (Wildman–Crippen LogP) is 2.61. The minimum Gasteiger partial charge on any atom is -0.489 e. The van der Waals surface area contributed by atoms with Crippen molar-refractivity contribution in [3.05, 3.63) is 29.3 Å². The van der Waals surface area contributed by atoms with Crippen molar-refractivity contribution in [2.75, 3.05) is 20.1 Å². The molecule has 1 atom stereocenters. The van der Waals surface area contributed by atoms with Crippen LogP contribution in [0.15, 0.2) is 12.1 Å². The Balaban J connectivity index is 2.19. The van der Waals surface area contributed by atoms with E-state index in [2.05, 4.69) is 4.90 Å². The van der Waals surface area contributed by atoms with E-state index in [0.717, 1.165) is 25.6 Å². The Morgan fingerprint density at radius 2 is 2.18 bits per heavy atom. The van der Waals surface area contributed by atoms with E-state index in [1.54, 1.807) is 0 Å². The van der Waals surface area contributed by atoms with Gasteiger partial charge in [0.2, 0.25) is 0 Å². The van der Waals surface area contributed by atoms with Gasteiger partial charge < -0.3 is 9.64 Å². The highest BCUT2D eigenvalue weighted by atomic mass is 19.1. The summed E-state index contributed by atoms with van der Waals surface area (Å²) in [5.41, 5.74) is 0.459. The normalized spacial score (nSPS) is 20.8. The zero-order valence-corrected chi connectivity index (χ0v) is 10.2. The Bertz CT molecular complexity index is 409. The van der Waals surface area contributed by atoms with Gasteiger partial charge in [-0.05, 0) is 19.9 Å². The summed E-state index contributed by atoms with van der Waals surface area (Å²) in [6.45, 7) is 3.61. The van der Waals surface area contributed by atoms with Crippen molar-refractivity contribution >= 4 is 0 Å². The van der Waals surface area contributed by atoms with E-state index in [1.165, 1.54) is 6.07 Å². The van der Waals surface area contributed by atoms with Gasteiger partial charge >= 0.3 is 0 Å². The second-order valence-corrected chi connectivity index (χ2v) is 4.51. The monoisotopic (exact) mass is 241 g/mol. The molecule has 1 aliphatic rings. The summed E-state index contributed by atoms with van der Waals surface area (Å²) >= 11 is 0. The maximum Gasteiger partial charge on any atom is 0.132 e. The standard InChI is InChI=1S/C13H17F2NO/c1-3-11-12(15)6-9(14)7-13(11)17-10-4-5-16(2)8-10/h6-7,10H,3-5,8H2,1-2H3. The highest BCUT2D eigenvalue weighted by Crippen LogP contribution is 2.26. The first kappa shape index (κ1) is 12.3. The highest BCUT2D eigenvalue weighted by molar-refractivity contribution is 5.35. The minimum atomic E-state index is -0.582. The van der Waals surface area contributed by atoms with Gasteiger partial charge in [-0.3, -0.25) is 0 Å². The van der Waals surface area contributed by atoms with Crippen LogP contribution in [0.2, 0.25) is 0 Å². The summed E-state index contributed by atoms with van der Waals surface area (Å²) in [5, 5.41) is 0. The number of benzene rings is 1. The van der Waals surface area contributed by atoms with Crippen LogP contribution in [0.3, 0.4) is 0 Å². The van der Waals surface area contributed by atoms with Gasteiger partial charge in [0.05, 0.1) is 0 Å². The van der Waals surface area contributed by atoms with Crippen LogP contribution in [0.5, 0.6) is 5.75 Å². The van der Waals surface area contributed by atoms with Crippen molar-refractivity contribution in [1.29, 1.82) is 0 Å². The van der Waals surface area contributed by atoms with Crippen LogP contribution >= 0.6 is 0 Å². The zero-order chi connectivity index (χ0) is 12.4. The molecular weight excluding hydrogens is 224 g/mol. The molecular formula is C13H17F2NO. The van der Waals surface area contributed by atoms with Crippen molar-refractivity contribution in [1.82, 2.24) is 4.90 Å². The van der Waals surface area contributed by atoms with Crippen molar-refractivity contribution in [3.63, 3.8) is 0 Å². The lowest BCUT2D eigenvalue weighted by Gasteiger charge is -2.17. The third-order valence-corrected chi connectivity index (χ3v) is 3.11. The average molecular weight is 241 g/mol. The fourth-order valence-corrected chi connectivity index (χ4v) is 2.20. The quantitative estimate of drug-likeness (QED) is 0.806. The predicted molar refractivity (Wildman–Crippen MR) is 62.3 cm³/mol. The maximum atomic E-state index is 13.5. The van der Waals surface area contributed by atoms with Crippen molar-refractivity contribution in [2.24, 2.45) is 0 Å². The molecule has 1 saturated heterocycles. The number of ether oxygens (including phenoxy) is 1. The van der Waals surface area contributed by atoms with Gasteiger partial charge in [0.25, 0.3) is 0 Å². The van der Waals surface area contributed by atoms with Gasteiger partial charge in [0.1, 0.15) is 23.5 Å². The van der Waals surface area contributed by atoms with Crippen molar-refractivity contribution in [2.45, 2.75) is 25.9 Å². The molecule has 1 unspecified atom stereocenters. The second kappa shape index (κ2) is 5.00. The van der Waals surface area contributed by atoms with E-state index in [-0.39, 0.29) is 6.10 Å². The summed E-state index contributed by atoms with van der Waals surface area (Å²) < 4.78 is 32.4. The number of nitrogens with zero attached hydrogens (tertiary/aromatic N) is 1. The van der Waals surface area contributed by atoms with Crippen LogP contribution < -0.4 is 4.74 Å². The fourth-order valence-electron chi connectivity index (χ4n) is 2.20. The number of rotatable bonds is 3. The first-order valence-corrected chi connectivity index (χ1v) is 5.93. The molecule has 0 saturated carbocycles. The summed E-state index contributed by atoms with van der Waals surface area (Å²) in [6, 6.07) is 2.19. The molecule has 1 fully saturated rings. The molecule has 1 aliphatic heterocycles. The molecule has 0 aliphatic carbocycles. The third-order valence-electron chi connectivity index (χ3n) is 3.11. The fraction of sp³-hybridized carbons (Fsp3) is 0.538. The van der Waals surface area contributed by atoms with Gasteiger partial charge in [0, 0.05) is 30.8 Å². The number of halogens is 2. The van der Waals surface area contributed by atoms with Crippen LogP contribution in [0.25, 0.3) is 0 Å². The first-order valence-electron chi connectivity index (χ1n) is 5.93. The molecule has 1 aromatic carbocycles. The second-order valence-electron chi connectivity index (χ2n) is 4.51. The Hall–Kier alpha value is -1.16. The lowest BCUT2D eigenvalue weighted by Crippen LogP contribution is -2.22. The number of likely N-dealkylation sites (tertiary alicyclic amines) is 1. The molecule has 94 valence electrons. The Morgan fingerprint density at radius 3 is 2.76 bits per heavy atom. The first-order chi connectivity index (χ1) is 8.10. The smallest absolute Gasteiger partial charge is 0.132 e. The number of likely N-dealkylation sites (N-methyl/N-ethyl adjacent to an activating group) is 1. The van der Waals surface area contributed by atoms with Gasteiger partial charge in [-0.25, -0.2) is 8.78 Å². The van der Waals surface area contributed by atoms with Gasteiger partial charge in [-0.15, -0.1) is 0 Å². The molecule has 2 rings (SSSR count). The van der Waals surface area contributed by atoms with E-state index in [9.17, 15) is 8.78 Å².